The molecule has 1 unspecified atom stereocenters. The molecular formula is C16H19BrN4O2. The lowest BCUT2D eigenvalue weighted by atomic mass is 10.0. The quantitative estimate of drug-likeness (QED) is 0.808. The van der Waals surface area contributed by atoms with E-state index < -0.39 is 12.0 Å². The average Bonchev–Trinajstić information content (AvgIpc) is 3.29. The normalized spacial score (nSPS) is 15.7. The molecule has 1 aliphatic carbocycles. The largest absolute Gasteiger partial charge is 0.462 e. The Bertz CT molecular complexity index is 707. The molecule has 1 saturated carbocycles. The third-order valence-electron chi connectivity index (χ3n) is 3.61. The Morgan fingerprint density at radius 1 is 1.30 bits per heavy atom. The van der Waals surface area contributed by atoms with Crippen LogP contribution >= 0.6 is 15.9 Å². The monoisotopic (exact) mass is 378 g/mol. The lowest BCUT2D eigenvalue weighted by Gasteiger charge is -2.14. The second kappa shape index (κ2) is 6.41. The van der Waals surface area contributed by atoms with Gasteiger partial charge >= 0.3 is 5.97 Å². The summed E-state index contributed by atoms with van der Waals surface area (Å²) in [6.07, 6.45) is 2.08. The van der Waals surface area contributed by atoms with Crippen molar-refractivity contribution in [1.29, 1.82) is 0 Å². The first-order chi connectivity index (χ1) is 11.0. The van der Waals surface area contributed by atoms with Crippen molar-refractivity contribution in [3.63, 3.8) is 0 Å². The van der Waals surface area contributed by atoms with Gasteiger partial charge in [-0.3, -0.25) is 0 Å². The van der Waals surface area contributed by atoms with E-state index in [1.807, 2.05) is 24.3 Å². The summed E-state index contributed by atoms with van der Waals surface area (Å²) in [6.45, 7) is 3.60. The third-order valence-corrected chi connectivity index (χ3v) is 4.14. The van der Waals surface area contributed by atoms with Crippen molar-refractivity contribution in [3.8, 4) is 11.3 Å². The molecule has 0 spiro atoms. The van der Waals surface area contributed by atoms with Crippen LogP contribution in [-0.2, 0) is 9.53 Å². The zero-order valence-corrected chi connectivity index (χ0v) is 14.7. The van der Waals surface area contributed by atoms with E-state index in [0.717, 1.165) is 28.7 Å². The van der Waals surface area contributed by atoms with E-state index in [0.29, 0.717) is 11.6 Å². The summed E-state index contributed by atoms with van der Waals surface area (Å²) in [5.41, 5.74) is 8.38. The summed E-state index contributed by atoms with van der Waals surface area (Å²) in [5, 5.41) is 8.92. The first-order valence-electron chi connectivity index (χ1n) is 7.64. The van der Waals surface area contributed by atoms with Gasteiger partial charge in [-0.25, -0.2) is 4.79 Å². The van der Waals surface area contributed by atoms with Crippen LogP contribution in [0.15, 0.2) is 28.9 Å². The van der Waals surface area contributed by atoms with E-state index >= 15 is 0 Å². The molecule has 122 valence electrons. The van der Waals surface area contributed by atoms with Crippen molar-refractivity contribution in [2.75, 3.05) is 0 Å². The van der Waals surface area contributed by atoms with E-state index in [9.17, 15) is 4.79 Å². The van der Waals surface area contributed by atoms with Gasteiger partial charge in [0.1, 0.15) is 11.7 Å². The Balaban J connectivity index is 1.77. The number of ether oxygens (including phenoxy) is 1. The summed E-state index contributed by atoms with van der Waals surface area (Å²) in [4.78, 5) is 13.6. The van der Waals surface area contributed by atoms with Crippen molar-refractivity contribution in [1.82, 2.24) is 15.0 Å². The molecule has 0 bridgehead atoms. The molecule has 1 aromatic heterocycles. The maximum absolute atomic E-state index is 11.9. The van der Waals surface area contributed by atoms with Gasteiger partial charge < -0.3 is 10.5 Å². The van der Waals surface area contributed by atoms with Crippen LogP contribution < -0.4 is 5.73 Å². The summed E-state index contributed by atoms with van der Waals surface area (Å²) in [5.74, 6) is -0.423. The van der Waals surface area contributed by atoms with Gasteiger partial charge in [0.2, 0.25) is 0 Å². The predicted octanol–water partition coefficient (Wildman–Crippen LogP) is 2.99. The molecule has 0 aliphatic heterocycles. The van der Waals surface area contributed by atoms with Crippen molar-refractivity contribution in [2.24, 2.45) is 5.73 Å². The fourth-order valence-corrected chi connectivity index (χ4v) is 2.71. The van der Waals surface area contributed by atoms with Crippen molar-refractivity contribution in [2.45, 2.75) is 44.9 Å². The number of halogens is 1. The lowest BCUT2D eigenvalue weighted by Crippen LogP contribution is -2.26. The molecule has 1 atom stereocenters. The zero-order valence-electron chi connectivity index (χ0n) is 13.1. The summed E-state index contributed by atoms with van der Waals surface area (Å²) in [7, 11) is 0. The van der Waals surface area contributed by atoms with Crippen molar-refractivity contribution >= 4 is 21.9 Å². The Hall–Kier alpha value is -1.73. The molecule has 1 aliphatic rings. The molecule has 3 rings (SSSR count). The van der Waals surface area contributed by atoms with Crippen LogP contribution in [0.1, 0.15) is 44.3 Å². The van der Waals surface area contributed by atoms with E-state index in [2.05, 4.69) is 26.1 Å². The lowest BCUT2D eigenvalue weighted by molar-refractivity contribution is -0.149. The Kier molecular flexibility index (Phi) is 4.50. The number of rotatable bonds is 5. The number of hydrogen-bond acceptors (Lipinski definition) is 5. The Morgan fingerprint density at radius 3 is 2.52 bits per heavy atom. The molecule has 1 aromatic carbocycles. The van der Waals surface area contributed by atoms with Crippen LogP contribution in [0.5, 0.6) is 0 Å². The summed E-state index contributed by atoms with van der Waals surface area (Å²) < 4.78 is 5.86. The molecule has 0 radical (unpaired) electrons. The van der Waals surface area contributed by atoms with Crippen LogP contribution in [0.3, 0.4) is 0 Å². The van der Waals surface area contributed by atoms with Crippen LogP contribution in [0.2, 0.25) is 0 Å². The Morgan fingerprint density at radius 2 is 1.96 bits per heavy atom. The second-order valence-electron chi connectivity index (χ2n) is 5.98. The number of benzene rings is 1. The minimum Gasteiger partial charge on any atom is -0.462 e. The number of esters is 1. The standard InChI is InChI=1S/C16H19BrN4O2/c1-9(2)23-16(22)13(18)10-3-5-11(6-4-10)14-15(17)20-21(19-14)12-7-8-12/h3-6,9,12-13H,7-8,18H2,1-2H3. The van der Waals surface area contributed by atoms with E-state index in [4.69, 9.17) is 10.5 Å². The number of nitrogens with zero attached hydrogens (tertiary/aromatic N) is 3. The van der Waals surface area contributed by atoms with Gasteiger partial charge in [0.25, 0.3) is 0 Å². The van der Waals surface area contributed by atoms with Gasteiger partial charge in [-0.2, -0.15) is 9.90 Å². The molecule has 6 nitrogen and oxygen atoms in total. The maximum Gasteiger partial charge on any atom is 0.327 e. The van der Waals surface area contributed by atoms with Gasteiger partial charge in [0, 0.05) is 5.56 Å². The highest BCUT2D eigenvalue weighted by atomic mass is 79.9. The molecular weight excluding hydrogens is 360 g/mol. The highest BCUT2D eigenvalue weighted by Crippen LogP contribution is 2.35. The number of nitrogens with two attached hydrogens (primary N) is 1. The topological polar surface area (TPSA) is 83.0 Å². The number of hydrogen-bond donors (Lipinski definition) is 1. The molecule has 23 heavy (non-hydrogen) atoms. The van der Waals surface area contributed by atoms with Gasteiger partial charge in [0.15, 0.2) is 4.60 Å². The fourth-order valence-electron chi connectivity index (χ4n) is 2.24. The second-order valence-corrected chi connectivity index (χ2v) is 6.73. The summed E-state index contributed by atoms with van der Waals surface area (Å²) in [6, 6.07) is 7.08. The molecule has 2 aromatic rings. The number of carbonyl (C=O) groups excluding carboxylic acids is 1. The van der Waals surface area contributed by atoms with Gasteiger partial charge in [0.05, 0.1) is 12.1 Å². The molecule has 2 N–H and O–H groups in total. The third kappa shape index (κ3) is 3.61. The number of aromatic nitrogens is 3. The van der Waals surface area contributed by atoms with Crippen LogP contribution in [0, 0.1) is 0 Å². The van der Waals surface area contributed by atoms with Crippen LogP contribution in [0.4, 0.5) is 0 Å². The average molecular weight is 379 g/mol. The molecule has 0 saturated heterocycles. The fraction of sp³-hybridized carbons (Fsp3) is 0.438. The highest BCUT2D eigenvalue weighted by molar-refractivity contribution is 9.10. The molecule has 0 amide bonds. The van der Waals surface area contributed by atoms with Crippen LogP contribution in [-0.4, -0.2) is 27.1 Å². The Labute approximate surface area is 143 Å². The van der Waals surface area contributed by atoms with E-state index in [-0.39, 0.29) is 6.10 Å². The minimum atomic E-state index is -0.781. The van der Waals surface area contributed by atoms with E-state index in [1.54, 1.807) is 18.6 Å². The van der Waals surface area contributed by atoms with Gasteiger partial charge in [-0.05, 0) is 48.2 Å². The predicted molar refractivity (Wildman–Crippen MR) is 89.6 cm³/mol. The van der Waals surface area contributed by atoms with Crippen molar-refractivity contribution in [3.05, 3.63) is 34.4 Å². The van der Waals surface area contributed by atoms with Gasteiger partial charge in [-0.15, -0.1) is 5.10 Å². The first-order valence-corrected chi connectivity index (χ1v) is 8.43. The minimum absolute atomic E-state index is 0.179. The zero-order chi connectivity index (χ0) is 16.6. The van der Waals surface area contributed by atoms with Gasteiger partial charge in [-0.1, -0.05) is 24.3 Å². The number of carbonyl (C=O) groups is 1. The van der Waals surface area contributed by atoms with Crippen molar-refractivity contribution < 1.29 is 9.53 Å². The smallest absolute Gasteiger partial charge is 0.327 e. The SMILES string of the molecule is CC(C)OC(=O)C(N)c1ccc(-c2nn(C3CC3)nc2Br)cc1. The van der Waals surface area contributed by atoms with E-state index in [1.165, 1.54) is 0 Å². The molecule has 1 heterocycles. The van der Waals surface area contributed by atoms with Crippen LogP contribution in [0.25, 0.3) is 11.3 Å². The highest BCUT2D eigenvalue weighted by Gasteiger charge is 2.27. The summed E-state index contributed by atoms with van der Waals surface area (Å²) >= 11 is 3.45. The molecule has 1 fully saturated rings. The molecule has 7 heteroatoms. The maximum atomic E-state index is 11.9. The first kappa shape index (κ1) is 16.1.